The van der Waals surface area contributed by atoms with E-state index in [-0.39, 0.29) is 29.7 Å². The molecule has 1 amide bonds. The summed E-state index contributed by atoms with van der Waals surface area (Å²) in [5.74, 6) is 0.192. The van der Waals surface area contributed by atoms with Crippen LogP contribution in [0.1, 0.15) is 5.56 Å². The molecule has 1 aliphatic rings. The summed E-state index contributed by atoms with van der Waals surface area (Å²) in [6, 6.07) is 12.9. The zero-order valence-corrected chi connectivity index (χ0v) is 16.6. The summed E-state index contributed by atoms with van der Waals surface area (Å²) < 4.78 is 35.1. The molecule has 1 unspecified atom stereocenters. The van der Waals surface area contributed by atoms with E-state index in [1.165, 1.54) is 24.1 Å². The maximum atomic E-state index is 12.4. The number of nitrogens with two attached hydrogens (primary N) is 1. The molecule has 0 bridgehead atoms. The SMILES string of the molecule is COc1ccc(S(=O)(=O)CNCC2CN(c3cccc(C(=N)N)c3)C(=O)O2)cc1. The van der Waals surface area contributed by atoms with Gasteiger partial charge in [0.25, 0.3) is 0 Å². The molecule has 29 heavy (non-hydrogen) atoms. The fraction of sp³-hybridized carbons (Fsp3) is 0.263. The quantitative estimate of drug-likeness (QED) is 0.435. The second-order valence-electron chi connectivity index (χ2n) is 6.47. The van der Waals surface area contributed by atoms with Gasteiger partial charge in [0.15, 0.2) is 9.84 Å². The first-order valence-electron chi connectivity index (χ1n) is 8.80. The number of nitrogen functional groups attached to an aromatic ring is 1. The third kappa shape index (κ3) is 4.84. The molecule has 2 aromatic rings. The van der Waals surface area contributed by atoms with E-state index in [4.69, 9.17) is 20.6 Å². The largest absolute Gasteiger partial charge is 0.497 e. The molecule has 154 valence electrons. The molecule has 4 N–H and O–H groups in total. The monoisotopic (exact) mass is 418 g/mol. The second-order valence-corrected chi connectivity index (χ2v) is 8.46. The van der Waals surface area contributed by atoms with Crippen molar-refractivity contribution in [3.63, 3.8) is 0 Å². The lowest BCUT2D eigenvalue weighted by Crippen LogP contribution is -2.34. The number of rotatable bonds is 8. The molecular weight excluding hydrogens is 396 g/mol. The molecule has 0 spiro atoms. The minimum Gasteiger partial charge on any atom is -0.497 e. The molecule has 1 atom stereocenters. The van der Waals surface area contributed by atoms with Crippen LogP contribution in [-0.2, 0) is 14.6 Å². The van der Waals surface area contributed by atoms with Gasteiger partial charge in [0.1, 0.15) is 23.6 Å². The molecule has 1 heterocycles. The van der Waals surface area contributed by atoms with Crippen molar-refractivity contribution in [2.45, 2.75) is 11.0 Å². The molecule has 3 rings (SSSR count). The normalized spacial score (nSPS) is 16.5. The molecule has 1 saturated heterocycles. The Morgan fingerprint density at radius 3 is 2.69 bits per heavy atom. The topological polar surface area (TPSA) is 135 Å². The molecule has 0 aliphatic carbocycles. The zero-order valence-electron chi connectivity index (χ0n) is 15.8. The number of nitrogens with one attached hydrogen (secondary N) is 2. The van der Waals surface area contributed by atoms with Crippen LogP contribution in [0.15, 0.2) is 53.4 Å². The third-order valence-electron chi connectivity index (χ3n) is 4.43. The number of benzene rings is 2. The van der Waals surface area contributed by atoms with Crippen LogP contribution in [0, 0.1) is 5.41 Å². The van der Waals surface area contributed by atoms with E-state index in [0.717, 1.165) is 0 Å². The van der Waals surface area contributed by atoms with E-state index in [0.29, 0.717) is 17.0 Å². The van der Waals surface area contributed by atoms with Gasteiger partial charge in [-0.25, -0.2) is 13.2 Å². The predicted molar refractivity (Wildman–Crippen MR) is 108 cm³/mol. The number of anilines is 1. The van der Waals surface area contributed by atoms with Crippen molar-refractivity contribution in [2.75, 3.05) is 31.0 Å². The van der Waals surface area contributed by atoms with Crippen molar-refractivity contribution >= 4 is 27.5 Å². The Kier molecular flexibility index (Phi) is 6.04. The van der Waals surface area contributed by atoms with Crippen LogP contribution in [-0.4, -0.2) is 52.5 Å². The second kappa shape index (κ2) is 8.50. The molecule has 0 saturated carbocycles. The summed E-state index contributed by atoms with van der Waals surface area (Å²) in [4.78, 5) is 13.8. The van der Waals surface area contributed by atoms with Crippen LogP contribution in [0.3, 0.4) is 0 Å². The molecule has 0 aromatic heterocycles. The van der Waals surface area contributed by atoms with E-state index in [2.05, 4.69) is 5.32 Å². The molecule has 2 aromatic carbocycles. The van der Waals surface area contributed by atoms with Gasteiger partial charge in [0.05, 0.1) is 18.6 Å². The van der Waals surface area contributed by atoms with Crippen LogP contribution in [0.5, 0.6) is 5.75 Å². The Bertz CT molecular complexity index is 1010. The van der Waals surface area contributed by atoms with Gasteiger partial charge in [0, 0.05) is 17.8 Å². The van der Waals surface area contributed by atoms with Gasteiger partial charge in [-0.1, -0.05) is 12.1 Å². The minimum absolute atomic E-state index is 0.0960. The smallest absolute Gasteiger partial charge is 0.414 e. The van der Waals surface area contributed by atoms with Crippen LogP contribution in [0.2, 0.25) is 0 Å². The number of hydrogen-bond donors (Lipinski definition) is 3. The highest BCUT2D eigenvalue weighted by Gasteiger charge is 2.32. The van der Waals surface area contributed by atoms with Gasteiger partial charge in [-0.3, -0.25) is 15.6 Å². The highest BCUT2D eigenvalue weighted by molar-refractivity contribution is 7.91. The number of sulfone groups is 1. The summed E-state index contributed by atoms with van der Waals surface area (Å²) in [6.45, 7) is 0.444. The first kappa shape index (κ1) is 20.6. The lowest BCUT2D eigenvalue weighted by molar-refractivity contribution is 0.141. The Hall–Kier alpha value is -3.11. The van der Waals surface area contributed by atoms with Gasteiger partial charge in [-0.05, 0) is 36.4 Å². The number of carbonyl (C=O) groups is 1. The van der Waals surface area contributed by atoms with Crippen LogP contribution in [0.4, 0.5) is 10.5 Å². The highest BCUT2D eigenvalue weighted by atomic mass is 32.2. The lowest BCUT2D eigenvalue weighted by Gasteiger charge is -2.14. The number of nitrogens with zero attached hydrogens (tertiary/aromatic N) is 1. The van der Waals surface area contributed by atoms with Crippen molar-refractivity contribution in [2.24, 2.45) is 5.73 Å². The zero-order chi connectivity index (χ0) is 21.0. The van der Waals surface area contributed by atoms with E-state index < -0.39 is 22.0 Å². The Labute approximate surface area is 168 Å². The summed E-state index contributed by atoms with van der Waals surface area (Å²) in [5, 5.41) is 10.3. The van der Waals surface area contributed by atoms with Crippen molar-refractivity contribution in [3.05, 3.63) is 54.1 Å². The summed E-state index contributed by atoms with van der Waals surface area (Å²) >= 11 is 0. The maximum Gasteiger partial charge on any atom is 0.414 e. The molecular formula is C19H22N4O5S. The van der Waals surface area contributed by atoms with Gasteiger partial charge < -0.3 is 15.2 Å². The molecule has 0 radical (unpaired) electrons. The van der Waals surface area contributed by atoms with Crippen molar-refractivity contribution < 1.29 is 22.7 Å². The third-order valence-corrected chi connectivity index (χ3v) is 6.00. The first-order valence-corrected chi connectivity index (χ1v) is 10.5. The summed E-state index contributed by atoms with van der Waals surface area (Å²) in [5.41, 5.74) is 6.56. The number of ether oxygens (including phenoxy) is 2. The maximum absolute atomic E-state index is 12.4. The molecule has 9 nitrogen and oxygen atoms in total. The molecule has 1 fully saturated rings. The molecule has 10 heteroatoms. The number of cyclic esters (lactones) is 1. The van der Waals surface area contributed by atoms with Crippen LogP contribution < -0.4 is 20.7 Å². The average Bonchev–Trinajstić information content (AvgIpc) is 3.08. The number of amidine groups is 1. The van der Waals surface area contributed by atoms with E-state index in [1.807, 2.05) is 0 Å². The van der Waals surface area contributed by atoms with Crippen molar-refractivity contribution in [1.29, 1.82) is 5.41 Å². The van der Waals surface area contributed by atoms with Gasteiger partial charge in [-0.2, -0.15) is 0 Å². The first-order chi connectivity index (χ1) is 13.8. The number of hydrogen-bond acceptors (Lipinski definition) is 7. The van der Waals surface area contributed by atoms with E-state index in [9.17, 15) is 13.2 Å². The minimum atomic E-state index is -3.53. The standard InChI is InChI=1S/C19H22N4O5S/c1-27-15-5-7-17(8-6-15)29(25,26)12-22-10-16-11-23(19(24)28-16)14-4-2-3-13(9-14)18(20)21/h2-9,16,22H,10-12H2,1H3,(H3,20,21). The summed E-state index contributed by atoms with van der Waals surface area (Å²) in [7, 11) is -2.02. The predicted octanol–water partition coefficient (Wildman–Crippen LogP) is 1.33. The van der Waals surface area contributed by atoms with Gasteiger partial charge in [-0.15, -0.1) is 0 Å². The Morgan fingerprint density at radius 1 is 1.31 bits per heavy atom. The summed E-state index contributed by atoms with van der Waals surface area (Å²) in [6.07, 6.45) is -1.04. The average molecular weight is 418 g/mol. The van der Waals surface area contributed by atoms with Crippen molar-refractivity contribution in [1.82, 2.24) is 5.32 Å². The van der Waals surface area contributed by atoms with Gasteiger partial charge in [0.2, 0.25) is 0 Å². The highest BCUT2D eigenvalue weighted by Crippen LogP contribution is 2.22. The van der Waals surface area contributed by atoms with E-state index in [1.54, 1.807) is 36.4 Å². The van der Waals surface area contributed by atoms with E-state index >= 15 is 0 Å². The van der Waals surface area contributed by atoms with Crippen LogP contribution in [0.25, 0.3) is 0 Å². The Balaban J connectivity index is 1.57. The Morgan fingerprint density at radius 2 is 2.03 bits per heavy atom. The number of carbonyl (C=O) groups excluding carboxylic acids is 1. The fourth-order valence-corrected chi connectivity index (χ4v) is 4.00. The lowest BCUT2D eigenvalue weighted by atomic mass is 10.1. The number of amides is 1. The fourth-order valence-electron chi connectivity index (χ4n) is 2.90. The van der Waals surface area contributed by atoms with Gasteiger partial charge >= 0.3 is 6.09 Å². The number of methoxy groups -OCH3 is 1. The van der Waals surface area contributed by atoms with Crippen LogP contribution >= 0.6 is 0 Å². The van der Waals surface area contributed by atoms with Crippen molar-refractivity contribution in [3.8, 4) is 5.75 Å². The molecule has 1 aliphatic heterocycles.